The van der Waals surface area contributed by atoms with Gasteiger partial charge in [-0.25, -0.2) is 4.90 Å². The number of rotatable bonds is 5. The number of hydrogen-bond donors (Lipinski definition) is 0. The molecule has 29 heavy (non-hydrogen) atoms. The topological polar surface area (TPSA) is 94.5 Å². The Balaban J connectivity index is 1.66. The zero-order valence-corrected chi connectivity index (χ0v) is 16.0. The second-order valence-corrected chi connectivity index (χ2v) is 6.66. The molecule has 2 amide bonds. The third-order valence-electron chi connectivity index (χ3n) is 5.02. The van der Waals surface area contributed by atoms with E-state index in [0.29, 0.717) is 34.0 Å². The highest BCUT2D eigenvalue weighted by molar-refractivity contribution is 6.32. The van der Waals surface area contributed by atoms with Crippen LogP contribution in [0.15, 0.2) is 47.6 Å². The van der Waals surface area contributed by atoms with Crippen LogP contribution in [-0.2, 0) is 14.4 Å². The van der Waals surface area contributed by atoms with Gasteiger partial charge < -0.3 is 14.3 Å². The summed E-state index contributed by atoms with van der Waals surface area (Å²) in [7, 11) is 3.03. The van der Waals surface area contributed by atoms with Gasteiger partial charge in [-0.1, -0.05) is 5.16 Å². The summed E-state index contributed by atoms with van der Waals surface area (Å²) < 4.78 is 10.5. The van der Waals surface area contributed by atoms with E-state index in [4.69, 9.17) is 14.3 Å². The number of oxime groups is 1. The molecule has 0 spiro atoms. The van der Waals surface area contributed by atoms with Crippen molar-refractivity contribution in [2.75, 3.05) is 19.1 Å². The number of carbonyl (C=O) groups is 3. The first-order chi connectivity index (χ1) is 14.0. The molecular formula is C21H18N2O6. The normalized spacial score (nSPS) is 20.2. The Hall–Kier alpha value is -3.68. The highest BCUT2D eigenvalue weighted by atomic mass is 16.7. The molecule has 0 N–H and O–H groups in total. The van der Waals surface area contributed by atoms with Crippen LogP contribution in [0.1, 0.15) is 22.8 Å². The summed E-state index contributed by atoms with van der Waals surface area (Å²) in [6.07, 6.45) is -1.02. The summed E-state index contributed by atoms with van der Waals surface area (Å²) in [6.45, 7) is 1.45. The first kappa shape index (κ1) is 18.7. The van der Waals surface area contributed by atoms with Crippen molar-refractivity contribution in [3.8, 4) is 11.5 Å². The van der Waals surface area contributed by atoms with Crippen molar-refractivity contribution in [1.29, 1.82) is 0 Å². The van der Waals surface area contributed by atoms with E-state index in [1.807, 2.05) is 0 Å². The maximum Gasteiger partial charge on any atom is 0.278 e. The second-order valence-electron chi connectivity index (χ2n) is 6.66. The molecule has 2 aromatic rings. The average molecular weight is 394 g/mol. The summed E-state index contributed by atoms with van der Waals surface area (Å²) in [4.78, 5) is 43.8. The van der Waals surface area contributed by atoms with E-state index in [-0.39, 0.29) is 5.78 Å². The van der Waals surface area contributed by atoms with E-state index in [0.717, 1.165) is 4.90 Å². The Morgan fingerprint density at radius 1 is 1.00 bits per heavy atom. The minimum absolute atomic E-state index is 0.0984. The lowest BCUT2D eigenvalue weighted by atomic mass is 9.94. The summed E-state index contributed by atoms with van der Waals surface area (Å²) in [6, 6.07) is 11.4. The monoisotopic (exact) mass is 394 g/mol. The molecule has 0 radical (unpaired) electrons. The Kier molecular flexibility index (Phi) is 4.54. The minimum Gasteiger partial charge on any atom is -0.493 e. The van der Waals surface area contributed by atoms with Crippen molar-refractivity contribution in [3.63, 3.8) is 0 Å². The summed E-state index contributed by atoms with van der Waals surface area (Å²) in [5, 5.41) is 3.99. The van der Waals surface area contributed by atoms with Crippen LogP contribution in [0.25, 0.3) is 0 Å². The highest BCUT2D eigenvalue weighted by Crippen LogP contribution is 2.37. The molecule has 8 nitrogen and oxygen atoms in total. The zero-order chi connectivity index (χ0) is 20.7. The van der Waals surface area contributed by atoms with Crippen LogP contribution in [0.3, 0.4) is 0 Å². The molecule has 8 heteroatoms. The average Bonchev–Trinajstić information content (AvgIpc) is 3.27. The van der Waals surface area contributed by atoms with Crippen molar-refractivity contribution in [1.82, 2.24) is 0 Å². The lowest BCUT2D eigenvalue weighted by molar-refractivity contribution is -0.126. The Bertz CT molecular complexity index is 1040. The number of amides is 2. The largest absolute Gasteiger partial charge is 0.493 e. The fourth-order valence-electron chi connectivity index (χ4n) is 3.51. The van der Waals surface area contributed by atoms with Crippen LogP contribution in [0.4, 0.5) is 5.69 Å². The predicted molar refractivity (Wildman–Crippen MR) is 103 cm³/mol. The number of nitrogens with zero attached hydrogens (tertiary/aromatic N) is 2. The van der Waals surface area contributed by atoms with Crippen LogP contribution < -0.4 is 14.4 Å². The van der Waals surface area contributed by atoms with Crippen LogP contribution in [-0.4, -0.2) is 43.6 Å². The van der Waals surface area contributed by atoms with Gasteiger partial charge in [-0.15, -0.1) is 0 Å². The lowest BCUT2D eigenvalue weighted by Gasteiger charge is -2.16. The van der Waals surface area contributed by atoms with E-state index in [1.165, 1.54) is 21.1 Å². The Morgan fingerprint density at radius 3 is 2.31 bits per heavy atom. The van der Waals surface area contributed by atoms with E-state index < -0.39 is 23.8 Å². The number of ketones is 1. The first-order valence-electron chi connectivity index (χ1n) is 8.91. The summed E-state index contributed by atoms with van der Waals surface area (Å²) >= 11 is 0. The van der Waals surface area contributed by atoms with Gasteiger partial charge in [0.1, 0.15) is 11.6 Å². The maximum absolute atomic E-state index is 13.1. The summed E-state index contributed by atoms with van der Waals surface area (Å²) in [5.74, 6) is -0.860. The van der Waals surface area contributed by atoms with Crippen molar-refractivity contribution >= 4 is 29.0 Å². The quantitative estimate of drug-likeness (QED) is 0.570. The molecule has 148 valence electrons. The van der Waals surface area contributed by atoms with Gasteiger partial charge in [-0.2, -0.15) is 0 Å². The predicted octanol–water partition coefficient (Wildman–Crippen LogP) is 2.20. The van der Waals surface area contributed by atoms with Crippen LogP contribution in [0, 0.1) is 5.92 Å². The number of carbonyl (C=O) groups excluding carboxylic acids is 3. The summed E-state index contributed by atoms with van der Waals surface area (Å²) in [5.41, 5.74) is 1.84. The Morgan fingerprint density at radius 2 is 1.69 bits per heavy atom. The van der Waals surface area contributed by atoms with Gasteiger partial charge in [-0.05, 0) is 49.4 Å². The number of hydrogen-bond acceptors (Lipinski definition) is 7. The van der Waals surface area contributed by atoms with E-state index in [9.17, 15) is 14.4 Å². The number of imide groups is 1. The SMILES string of the molecule is COc1ccc(C2=NOC3C(=O)N(c4ccc(C(C)=O)cc4)C(=O)C23)cc1OC. The number of methoxy groups -OCH3 is 2. The smallest absolute Gasteiger partial charge is 0.278 e. The van der Waals surface area contributed by atoms with E-state index in [2.05, 4.69) is 5.16 Å². The molecule has 0 bridgehead atoms. The Labute approximate surface area is 166 Å². The van der Waals surface area contributed by atoms with Gasteiger partial charge in [-0.3, -0.25) is 14.4 Å². The lowest BCUT2D eigenvalue weighted by Crippen LogP contribution is -2.33. The molecular weight excluding hydrogens is 376 g/mol. The van der Waals surface area contributed by atoms with Crippen LogP contribution in [0.5, 0.6) is 11.5 Å². The van der Waals surface area contributed by atoms with Gasteiger partial charge in [0, 0.05) is 11.1 Å². The van der Waals surface area contributed by atoms with Gasteiger partial charge in [0.25, 0.3) is 5.91 Å². The van der Waals surface area contributed by atoms with Crippen molar-refractivity contribution in [2.45, 2.75) is 13.0 Å². The van der Waals surface area contributed by atoms with Gasteiger partial charge >= 0.3 is 0 Å². The van der Waals surface area contributed by atoms with Gasteiger partial charge in [0.2, 0.25) is 12.0 Å². The minimum atomic E-state index is -1.02. The molecule has 1 saturated heterocycles. The molecule has 2 aliphatic rings. The van der Waals surface area contributed by atoms with Crippen molar-refractivity contribution in [2.24, 2.45) is 11.1 Å². The molecule has 4 rings (SSSR count). The van der Waals surface area contributed by atoms with E-state index >= 15 is 0 Å². The fourth-order valence-corrected chi connectivity index (χ4v) is 3.51. The number of anilines is 1. The molecule has 0 aromatic heterocycles. The zero-order valence-electron chi connectivity index (χ0n) is 16.0. The third-order valence-corrected chi connectivity index (χ3v) is 5.02. The number of benzene rings is 2. The standard InChI is InChI=1S/C21H18N2O6/c1-11(24)12-4-7-14(8-5-12)23-20(25)17-18(22-29-19(17)21(23)26)13-6-9-15(27-2)16(10-13)28-3/h4-10,17,19H,1-3H3. The molecule has 2 aromatic carbocycles. The molecule has 0 aliphatic carbocycles. The molecule has 2 heterocycles. The third kappa shape index (κ3) is 2.93. The molecule has 2 aliphatic heterocycles. The molecule has 2 unspecified atom stereocenters. The van der Waals surface area contributed by atoms with Crippen molar-refractivity contribution in [3.05, 3.63) is 53.6 Å². The van der Waals surface area contributed by atoms with Crippen LogP contribution in [0.2, 0.25) is 0 Å². The number of fused-ring (bicyclic) bond motifs is 1. The number of ether oxygens (including phenoxy) is 2. The first-order valence-corrected chi connectivity index (χ1v) is 8.91. The molecule has 0 saturated carbocycles. The fraction of sp³-hybridized carbons (Fsp3) is 0.238. The van der Waals surface area contributed by atoms with Crippen LogP contribution >= 0.6 is 0 Å². The van der Waals surface area contributed by atoms with Gasteiger partial charge in [0.05, 0.1) is 19.9 Å². The maximum atomic E-state index is 13.1. The van der Waals surface area contributed by atoms with E-state index in [1.54, 1.807) is 42.5 Å². The van der Waals surface area contributed by atoms with Gasteiger partial charge in [0.15, 0.2) is 17.3 Å². The highest BCUT2D eigenvalue weighted by Gasteiger charge is 2.56. The molecule has 1 fully saturated rings. The molecule has 2 atom stereocenters. The van der Waals surface area contributed by atoms with Crippen molar-refractivity contribution < 1.29 is 28.7 Å². The second kappa shape index (κ2) is 7.05. The number of Topliss-reactive ketones (excluding diaryl/α,β-unsaturated/α-hetero) is 1.